The topological polar surface area (TPSA) is 76.1 Å². The molecule has 0 saturated carbocycles. The van der Waals surface area contributed by atoms with E-state index in [1.807, 2.05) is 55.5 Å². The average molecular weight is 465 g/mol. The van der Waals surface area contributed by atoms with Crippen LogP contribution < -0.4 is 15.4 Å². The summed E-state index contributed by atoms with van der Waals surface area (Å²) in [5.74, 6) is 0.710. The zero-order valence-corrected chi connectivity index (χ0v) is 17.8. The van der Waals surface area contributed by atoms with Gasteiger partial charge in [-0.25, -0.2) is 0 Å². The summed E-state index contributed by atoms with van der Waals surface area (Å²) in [5.41, 5.74) is 1.65. The van der Waals surface area contributed by atoms with Crippen LogP contribution in [0, 0.1) is 0 Å². The summed E-state index contributed by atoms with van der Waals surface area (Å²) in [6.45, 7) is 1.84. The lowest BCUT2D eigenvalue weighted by Gasteiger charge is -2.10. The molecule has 0 spiro atoms. The van der Waals surface area contributed by atoms with Gasteiger partial charge in [0.15, 0.2) is 4.34 Å². The predicted molar refractivity (Wildman–Crippen MR) is 114 cm³/mol. The number of rotatable bonds is 7. The van der Waals surface area contributed by atoms with E-state index in [2.05, 4.69) is 36.8 Å². The number of nitrogens with one attached hydrogen (secondary N) is 2. The predicted octanol–water partition coefficient (Wildman–Crippen LogP) is 5.17. The lowest BCUT2D eigenvalue weighted by molar-refractivity contribution is -0.115. The Balaban J connectivity index is 1.55. The number of nitrogens with zero attached hydrogens (tertiary/aromatic N) is 2. The molecule has 2 N–H and O–H groups in total. The normalized spacial score (nSPS) is 11.7. The van der Waals surface area contributed by atoms with Crippen LogP contribution in [0.3, 0.4) is 0 Å². The van der Waals surface area contributed by atoms with Crippen molar-refractivity contribution >= 4 is 61.4 Å². The Labute approximate surface area is 173 Å². The van der Waals surface area contributed by atoms with E-state index in [9.17, 15) is 4.79 Å². The number of thioether (sulfide) groups is 1. The van der Waals surface area contributed by atoms with Crippen LogP contribution in [0.15, 0.2) is 57.3 Å². The minimum absolute atomic E-state index is 0.0813. The highest BCUT2D eigenvalue weighted by molar-refractivity contribution is 9.10. The molecule has 0 radical (unpaired) electrons. The first kappa shape index (κ1) is 19.7. The van der Waals surface area contributed by atoms with Crippen LogP contribution in [0.1, 0.15) is 6.92 Å². The molecule has 0 saturated heterocycles. The maximum atomic E-state index is 12.3. The molecule has 27 heavy (non-hydrogen) atoms. The van der Waals surface area contributed by atoms with Gasteiger partial charge in [-0.2, -0.15) is 0 Å². The highest BCUT2D eigenvalue weighted by atomic mass is 79.9. The van der Waals surface area contributed by atoms with Gasteiger partial charge in [0.1, 0.15) is 5.75 Å². The van der Waals surface area contributed by atoms with E-state index in [-0.39, 0.29) is 11.2 Å². The number of hydrogen-bond donors (Lipinski definition) is 2. The van der Waals surface area contributed by atoms with E-state index in [0.29, 0.717) is 5.13 Å². The Morgan fingerprint density at radius 2 is 1.78 bits per heavy atom. The first-order chi connectivity index (χ1) is 13.0. The van der Waals surface area contributed by atoms with E-state index in [0.717, 1.165) is 25.9 Å². The van der Waals surface area contributed by atoms with Gasteiger partial charge in [-0.15, -0.1) is 10.2 Å². The van der Waals surface area contributed by atoms with Crippen LogP contribution >= 0.6 is 39.0 Å². The quantitative estimate of drug-likeness (QED) is 0.469. The van der Waals surface area contributed by atoms with Crippen molar-refractivity contribution in [1.82, 2.24) is 10.2 Å². The molecule has 3 rings (SSSR count). The standard InChI is InChI=1S/C18H17BrN4O2S2/c1-11(16(24)20-13-5-3-12(19)4-6-13)26-18-23-22-17(27-18)21-14-7-9-15(25-2)10-8-14/h3-11H,1-2H3,(H,20,24)(H,21,22). The number of anilines is 3. The largest absolute Gasteiger partial charge is 0.497 e. The van der Waals surface area contributed by atoms with E-state index < -0.39 is 0 Å². The third-order valence-electron chi connectivity index (χ3n) is 3.51. The van der Waals surface area contributed by atoms with Gasteiger partial charge in [0, 0.05) is 15.8 Å². The number of methoxy groups -OCH3 is 1. The molecule has 1 heterocycles. The van der Waals surface area contributed by atoms with Crippen molar-refractivity contribution in [2.75, 3.05) is 17.7 Å². The summed E-state index contributed by atoms with van der Waals surface area (Å²) < 4.78 is 6.83. The second-order valence-electron chi connectivity index (χ2n) is 5.48. The molecule has 1 aromatic heterocycles. The van der Waals surface area contributed by atoms with Gasteiger partial charge < -0.3 is 15.4 Å². The Morgan fingerprint density at radius 3 is 2.44 bits per heavy atom. The number of carbonyl (C=O) groups excluding carboxylic acids is 1. The SMILES string of the molecule is COc1ccc(Nc2nnc(SC(C)C(=O)Nc3ccc(Br)cc3)s2)cc1. The van der Waals surface area contributed by atoms with Crippen molar-refractivity contribution in [1.29, 1.82) is 0 Å². The molecule has 0 fully saturated rings. The van der Waals surface area contributed by atoms with Gasteiger partial charge in [0.25, 0.3) is 0 Å². The summed E-state index contributed by atoms with van der Waals surface area (Å²) in [6, 6.07) is 15.0. The molecule has 3 aromatic rings. The van der Waals surface area contributed by atoms with Crippen LogP contribution in [0.25, 0.3) is 0 Å². The zero-order chi connectivity index (χ0) is 19.2. The molecule has 1 amide bonds. The number of ether oxygens (including phenoxy) is 1. The third kappa shape index (κ3) is 5.69. The number of amides is 1. The van der Waals surface area contributed by atoms with Gasteiger partial charge in [-0.1, -0.05) is 39.0 Å². The molecule has 6 nitrogen and oxygen atoms in total. The van der Waals surface area contributed by atoms with Gasteiger partial charge in [-0.3, -0.25) is 4.79 Å². The second kappa shape index (κ2) is 9.20. The highest BCUT2D eigenvalue weighted by Gasteiger charge is 2.17. The third-order valence-corrected chi connectivity index (χ3v) is 6.06. The lowest BCUT2D eigenvalue weighted by Crippen LogP contribution is -2.22. The van der Waals surface area contributed by atoms with Gasteiger partial charge in [0.05, 0.1) is 12.4 Å². The van der Waals surface area contributed by atoms with Crippen LogP contribution in [-0.4, -0.2) is 28.5 Å². The van der Waals surface area contributed by atoms with Gasteiger partial charge in [-0.05, 0) is 55.5 Å². The van der Waals surface area contributed by atoms with E-state index in [1.54, 1.807) is 7.11 Å². The van der Waals surface area contributed by atoms with Gasteiger partial charge in [0.2, 0.25) is 11.0 Å². The Hall–Kier alpha value is -2.10. The first-order valence-electron chi connectivity index (χ1n) is 8.01. The number of aromatic nitrogens is 2. The summed E-state index contributed by atoms with van der Waals surface area (Å²) in [6.07, 6.45) is 0. The van der Waals surface area contributed by atoms with Gasteiger partial charge >= 0.3 is 0 Å². The van der Waals surface area contributed by atoms with E-state index in [4.69, 9.17) is 4.74 Å². The van der Waals surface area contributed by atoms with Crippen molar-refractivity contribution in [3.8, 4) is 5.75 Å². The van der Waals surface area contributed by atoms with Crippen molar-refractivity contribution in [2.24, 2.45) is 0 Å². The minimum atomic E-state index is -0.296. The number of hydrogen-bond acceptors (Lipinski definition) is 7. The van der Waals surface area contributed by atoms with Crippen molar-refractivity contribution < 1.29 is 9.53 Å². The molecular weight excluding hydrogens is 448 g/mol. The molecule has 140 valence electrons. The maximum Gasteiger partial charge on any atom is 0.237 e. The van der Waals surface area contributed by atoms with Crippen LogP contribution in [0.5, 0.6) is 5.75 Å². The molecule has 9 heteroatoms. The minimum Gasteiger partial charge on any atom is -0.497 e. The Bertz CT molecular complexity index is 900. The van der Waals surface area contributed by atoms with E-state index in [1.165, 1.54) is 23.1 Å². The fourth-order valence-corrected chi connectivity index (χ4v) is 4.27. The fraction of sp³-hybridized carbons (Fsp3) is 0.167. The second-order valence-corrected chi connectivity index (χ2v) is 8.96. The van der Waals surface area contributed by atoms with Crippen molar-refractivity contribution in [2.45, 2.75) is 16.5 Å². The smallest absolute Gasteiger partial charge is 0.237 e. The van der Waals surface area contributed by atoms with Crippen molar-refractivity contribution in [3.05, 3.63) is 53.0 Å². The monoisotopic (exact) mass is 464 g/mol. The summed E-state index contributed by atoms with van der Waals surface area (Å²) >= 11 is 6.15. The molecule has 0 aliphatic rings. The number of benzene rings is 2. The molecule has 0 aliphatic carbocycles. The molecule has 1 unspecified atom stereocenters. The Morgan fingerprint density at radius 1 is 1.11 bits per heavy atom. The van der Waals surface area contributed by atoms with E-state index >= 15 is 0 Å². The maximum absolute atomic E-state index is 12.3. The molecule has 1 atom stereocenters. The molecule has 0 bridgehead atoms. The van der Waals surface area contributed by atoms with Crippen LogP contribution in [-0.2, 0) is 4.79 Å². The average Bonchev–Trinajstić information content (AvgIpc) is 3.11. The first-order valence-corrected chi connectivity index (χ1v) is 10.5. The number of halogens is 1. The molecular formula is C18H17BrN4O2S2. The van der Waals surface area contributed by atoms with Crippen LogP contribution in [0.2, 0.25) is 0 Å². The highest BCUT2D eigenvalue weighted by Crippen LogP contribution is 2.31. The summed E-state index contributed by atoms with van der Waals surface area (Å²) in [7, 11) is 1.63. The Kier molecular flexibility index (Phi) is 6.70. The van der Waals surface area contributed by atoms with Crippen LogP contribution in [0.4, 0.5) is 16.5 Å². The fourth-order valence-electron chi connectivity index (χ4n) is 2.09. The summed E-state index contributed by atoms with van der Waals surface area (Å²) in [5, 5.41) is 14.7. The van der Waals surface area contributed by atoms with Crippen molar-refractivity contribution in [3.63, 3.8) is 0 Å². The molecule has 0 aliphatic heterocycles. The summed E-state index contributed by atoms with van der Waals surface area (Å²) in [4.78, 5) is 12.3. The number of carbonyl (C=O) groups is 1. The molecule has 2 aromatic carbocycles. The lowest BCUT2D eigenvalue weighted by atomic mass is 10.3. The zero-order valence-electron chi connectivity index (χ0n) is 14.6.